The first-order valence-corrected chi connectivity index (χ1v) is 12.1. The van der Waals surface area contributed by atoms with Crippen molar-refractivity contribution in [3.05, 3.63) is 28.3 Å². The summed E-state index contributed by atoms with van der Waals surface area (Å²) in [6.45, 7) is 1.72. The standard InChI is InChI=1S/C20H29N5O7S/c1-21(2)20(27)23-8-6-15(7-9-23)19(26)22-10-12-24(13-11-22)33(30,31)16-4-5-18(32-3)17(14-16)25(28)29/h4-5,14-15H,6-13H2,1-3H3. The molecule has 0 radical (unpaired) electrons. The van der Waals surface area contributed by atoms with Crippen LogP contribution in [0.2, 0.25) is 0 Å². The molecule has 33 heavy (non-hydrogen) atoms. The van der Waals surface area contributed by atoms with Crippen LogP contribution in [0.4, 0.5) is 10.5 Å². The second-order valence-corrected chi connectivity index (χ2v) is 10.2. The lowest BCUT2D eigenvalue weighted by molar-refractivity contribution is -0.386. The van der Waals surface area contributed by atoms with E-state index in [2.05, 4.69) is 0 Å². The predicted molar refractivity (Wildman–Crippen MR) is 118 cm³/mol. The number of ether oxygens (including phenoxy) is 1. The molecular weight excluding hydrogens is 454 g/mol. The van der Waals surface area contributed by atoms with Gasteiger partial charge in [-0.2, -0.15) is 4.31 Å². The first-order valence-electron chi connectivity index (χ1n) is 10.6. The lowest BCUT2D eigenvalue weighted by Crippen LogP contribution is -2.53. The number of nitrogens with zero attached hydrogens (tertiary/aromatic N) is 5. The number of rotatable bonds is 5. The van der Waals surface area contributed by atoms with Crippen LogP contribution in [0.5, 0.6) is 5.75 Å². The van der Waals surface area contributed by atoms with Crippen molar-refractivity contribution in [1.29, 1.82) is 0 Å². The molecule has 3 amide bonds. The van der Waals surface area contributed by atoms with E-state index in [1.165, 1.54) is 28.4 Å². The number of nitro groups is 1. The molecule has 0 unspecified atom stereocenters. The van der Waals surface area contributed by atoms with Crippen molar-refractivity contribution in [2.45, 2.75) is 17.7 Å². The Morgan fingerprint density at radius 3 is 2.18 bits per heavy atom. The molecule has 182 valence electrons. The average Bonchev–Trinajstić information content (AvgIpc) is 2.82. The number of piperazine rings is 1. The summed E-state index contributed by atoms with van der Waals surface area (Å²) in [6, 6.07) is 3.47. The molecule has 3 rings (SSSR count). The van der Waals surface area contributed by atoms with Gasteiger partial charge in [0.1, 0.15) is 0 Å². The van der Waals surface area contributed by atoms with Gasteiger partial charge in [-0.3, -0.25) is 14.9 Å². The van der Waals surface area contributed by atoms with E-state index in [1.807, 2.05) is 0 Å². The molecule has 13 heteroatoms. The Morgan fingerprint density at radius 1 is 1.06 bits per heavy atom. The van der Waals surface area contributed by atoms with E-state index in [0.717, 1.165) is 6.07 Å². The van der Waals surface area contributed by atoms with E-state index in [9.17, 15) is 28.1 Å². The fourth-order valence-electron chi connectivity index (χ4n) is 4.13. The molecule has 0 bridgehead atoms. The quantitative estimate of drug-likeness (QED) is 0.447. The van der Waals surface area contributed by atoms with Gasteiger partial charge in [-0.15, -0.1) is 0 Å². The molecule has 0 aromatic heterocycles. The van der Waals surface area contributed by atoms with Crippen LogP contribution in [0.15, 0.2) is 23.1 Å². The van der Waals surface area contributed by atoms with Crippen LogP contribution >= 0.6 is 0 Å². The normalized spacial score (nSPS) is 18.2. The van der Waals surface area contributed by atoms with Crippen LogP contribution in [0.1, 0.15) is 12.8 Å². The maximum Gasteiger partial charge on any atom is 0.319 e. The number of methoxy groups -OCH3 is 1. The SMILES string of the molecule is COc1ccc(S(=O)(=O)N2CCN(C(=O)C3CCN(C(=O)N(C)C)CC3)CC2)cc1[N+](=O)[O-]. The van der Waals surface area contributed by atoms with Crippen molar-refractivity contribution in [2.75, 3.05) is 60.5 Å². The van der Waals surface area contributed by atoms with Crippen LogP contribution in [-0.4, -0.2) is 105 Å². The summed E-state index contributed by atoms with van der Waals surface area (Å²) in [7, 11) is 0.702. The third-order valence-corrected chi connectivity index (χ3v) is 7.93. The van der Waals surface area contributed by atoms with Crippen molar-refractivity contribution >= 4 is 27.6 Å². The third kappa shape index (κ3) is 5.19. The predicted octanol–water partition coefficient (Wildman–Crippen LogP) is 0.830. The van der Waals surface area contributed by atoms with Gasteiger partial charge in [0.05, 0.1) is 16.9 Å². The summed E-state index contributed by atoms with van der Waals surface area (Å²) in [5.41, 5.74) is -0.425. The number of hydrogen-bond donors (Lipinski definition) is 0. The molecular formula is C20H29N5O7S. The number of sulfonamides is 1. The van der Waals surface area contributed by atoms with Gasteiger partial charge in [-0.25, -0.2) is 13.2 Å². The summed E-state index contributed by atoms with van der Waals surface area (Å²) in [5, 5.41) is 11.2. The molecule has 2 fully saturated rings. The van der Waals surface area contributed by atoms with E-state index in [0.29, 0.717) is 25.9 Å². The zero-order valence-corrected chi connectivity index (χ0v) is 19.8. The summed E-state index contributed by atoms with van der Waals surface area (Å²) >= 11 is 0. The topological polar surface area (TPSA) is 134 Å². The minimum Gasteiger partial charge on any atom is -0.490 e. The number of nitro benzene ring substituents is 1. The Balaban J connectivity index is 1.60. The number of carbonyl (C=O) groups is 2. The van der Waals surface area contributed by atoms with Gasteiger partial charge in [0.25, 0.3) is 0 Å². The van der Waals surface area contributed by atoms with Gasteiger partial charge < -0.3 is 19.4 Å². The van der Waals surface area contributed by atoms with Crippen LogP contribution < -0.4 is 4.74 Å². The van der Waals surface area contributed by atoms with Crippen LogP contribution in [0.3, 0.4) is 0 Å². The van der Waals surface area contributed by atoms with Gasteiger partial charge in [0.15, 0.2) is 5.75 Å². The van der Waals surface area contributed by atoms with Gasteiger partial charge in [0, 0.05) is 65.3 Å². The third-order valence-electron chi connectivity index (χ3n) is 6.03. The number of piperidine rings is 1. The smallest absolute Gasteiger partial charge is 0.319 e. The van der Waals surface area contributed by atoms with E-state index in [4.69, 9.17) is 4.74 Å². The number of likely N-dealkylation sites (tertiary alicyclic amines) is 1. The van der Waals surface area contributed by atoms with Crippen molar-refractivity contribution in [2.24, 2.45) is 5.92 Å². The Morgan fingerprint density at radius 2 is 1.67 bits per heavy atom. The molecule has 0 aliphatic carbocycles. The molecule has 0 saturated carbocycles. The maximum atomic E-state index is 13.0. The van der Waals surface area contributed by atoms with Crippen LogP contribution in [-0.2, 0) is 14.8 Å². The second kappa shape index (κ2) is 9.91. The van der Waals surface area contributed by atoms with Crippen molar-refractivity contribution in [3.63, 3.8) is 0 Å². The summed E-state index contributed by atoms with van der Waals surface area (Å²) < 4.78 is 32.2. The maximum absolute atomic E-state index is 13.0. The molecule has 2 aliphatic rings. The van der Waals surface area contributed by atoms with Gasteiger partial charge >= 0.3 is 11.7 Å². The summed E-state index contributed by atoms with van der Waals surface area (Å²) in [5.74, 6) is -0.236. The van der Waals surface area contributed by atoms with Gasteiger partial charge in [0.2, 0.25) is 15.9 Å². The van der Waals surface area contributed by atoms with Crippen LogP contribution in [0.25, 0.3) is 0 Å². The summed E-state index contributed by atoms with van der Waals surface area (Å²) in [6.07, 6.45) is 1.15. The second-order valence-electron chi connectivity index (χ2n) is 8.26. The molecule has 0 spiro atoms. The van der Waals surface area contributed by atoms with Crippen molar-refractivity contribution in [1.82, 2.24) is 19.0 Å². The minimum absolute atomic E-state index is 0.0207. The summed E-state index contributed by atoms with van der Waals surface area (Å²) in [4.78, 5) is 40.3. The average molecular weight is 484 g/mol. The number of benzene rings is 1. The fourth-order valence-corrected chi connectivity index (χ4v) is 5.57. The zero-order valence-electron chi connectivity index (χ0n) is 19.0. The largest absolute Gasteiger partial charge is 0.490 e. The first-order chi connectivity index (χ1) is 15.6. The molecule has 2 aliphatic heterocycles. The number of hydrogen-bond acceptors (Lipinski definition) is 7. The Hall–Kier alpha value is -2.93. The minimum atomic E-state index is -3.96. The first kappa shape index (κ1) is 24.7. The molecule has 12 nitrogen and oxygen atoms in total. The number of urea groups is 1. The molecule has 1 aromatic rings. The van der Waals surface area contributed by atoms with Gasteiger partial charge in [-0.1, -0.05) is 0 Å². The highest BCUT2D eigenvalue weighted by Crippen LogP contribution is 2.31. The molecule has 2 saturated heterocycles. The van der Waals surface area contributed by atoms with Crippen LogP contribution in [0, 0.1) is 16.0 Å². The lowest BCUT2D eigenvalue weighted by Gasteiger charge is -2.38. The highest BCUT2D eigenvalue weighted by atomic mass is 32.2. The zero-order chi connectivity index (χ0) is 24.3. The highest BCUT2D eigenvalue weighted by molar-refractivity contribution is 7.89. The van der Waals surface area contributed by atoms with Crippen molar-refractivity contribution < 1.29 is 27.7 Å². The molecule has 2 heterocycles. The molecule has 0 atom stereocenters. The Bertz CT molecular complexity index is 1010. The lowest BCUT2D eigenvalue weighted by atomic mass is 9.95. The van der Waals surface area contributed by atoms with E-state index in [-0.39, 0.29) is 54.7 Å². The Labute approximate surface area is 192 Å². The molecule has 0 N–H and O–H groups in total. The monoisotopic (exact) mass is 483 g/mol. The van der Waals surface area contributed by atoms with Gasteiger partial charge in [-0.05, 0) is 25.0 Å². The van der Waals surface area contributed by atoms with Crippen molar-refractivity contribution in [3.8, 4) is 5.75 Å². The number of carbonyl (C=O) groups excluding carboxylic acids is 2. The molecule has 1 aromatic carbocycles. The van der Waals surface area contributed by atoms with E-state index in [1.54, 1.807) is 23.9 Å². The number of amides is 3. The van der Waals surface area contributed by atoms with E-state index < -0.39 is 20.6 Å². The Kier molecular flexibility index (Phi) is 7.42. The highest BCUT2D eigenvalue weighted by Gasteiger charge is 2.35. The fraction of sp³-hybridized carbons (Fsp3) is 0.600. The van der Waals surface area contributed by atoms with E-state index >= 15 is 0 Å².